The molecular weight excluding hydrogens is 277 g/mol. The lowest BCUT2D eigenvalue weighted by Crippen LogP contribution is -2.21. The van der Waals surface area contributed by atoms with Crippen LogP contribution in [0.4, 0.5) is 4.70 Å². The summed E-state index contributed by atoms with van der Waals surface area (Å²) in [6.07, 6.45) is 0. The molecule has 0 unspecified atom stereocenters. The van der Waals surface area contributed by atoms with Crippen molar-refractivity contribution in [1.29, 1.82) is 0 Å². The van der Waals surface area contributed by atoms with Crippen LogP contribution < -0.4 is 0 Å². The van der Waals surface area contributed by atoms with Gasteiger partial charge < -0.3 is 14.7 Å². The molecule has 0 heterocycles. The Balaban J connectivity index is -0.000000108. The molecular formula is C18H46FN3. The van der Waals surface area contributed by atoms with Crippen molar-refractivity contribution >= 4 is 0 Å². The van der Waals surface area contributed by atoms with Gasteiger partial charge in [-0.25, -0.2) is 0 Å². The van der Waals surface area contributed by atoms with Crippen LogP contribution in [0.25, 0.3) is 0 Å². The van der Waals surface area contributed by atoms with Gasteiger partial charge in [0.1, 0.15) is 0 Å². The Morgan fingerprint density at radius 3 is 0.409 bits per heavy atom. The molecule has 0 aromatic heterocycles. The molecule has 0 saturated heterocycles. The molecule has 140 valence electrons. The summed E-state index contributed by atoms with van der Waals surface area (Å²) in [5.74, 6) is 0. The van der Waals surface area contributed by atoms with Crippen molar-refractivity contribution in [3.8, 4) is 0 Å². The first kappa shape index (κ1) is 29.8. The van der Waals surface area contributed by atoms with E-state index in [0.717, 1.165) is 0 Å². The van der Waals surface area contributed by atoms with Gasteiger partial charge in [-0.15, -0.1) is 0 Å². The summed E-state index contributed by atoms with van der Waals surface area (Å²) < 4.78 is 0. The van der Waals surface area contributed by atoms with Gasteiger partial charge in [-0.3, -0.25) is 4.70 Å². The normalized spacial score (nSPS) is 9.82. The van der Waals surface area contributed by atoms with Gasteiger partial charge in [0.05, 0.1) is 0 Å². The van der Waals surface area contributed by atoms with Crippen molar-refractivity contribution in [2.45, 2.75) is 62.3 Å². The van der Waals surface area contributed by atoms with E-state index in [1.165, 1.54) is 58.9 Å². The van der Waals surface area contributed by atoms with Crippen LogP contribution in [0.5, 0.6) is 0 Å². The molecule has 0 atom stereocenters. The molecule has 0 aromatic carbocycles. The Kier molecular flexibility index (Phi) is 34.8. The molecule has 0 N–H and O–H groups in total. The third-order valence-corrected chi connectivity index (χ3v) is 4.02. The highest BCUT2D eigenvalue weighted by Gasteiger charge is 1.90. The van der Waals surface area contributed by atoms with Crippen molar-refractivity contribution in [2.24, 2.45) is 0 Å². The monoisotopic (exact) mass is 323 g/mol. The molecule has 0 bridgehead atoms. The standard InChI is InChI=1S/3C6H15N.FH/c3*1-4-7(5-2)6-3;/h3*4-6H2,1-3H3;1H. The summed E-state index contributed by atoms with van der Waals surface area (Å²) in [5, 5.41) is 0. The van der Waals surface area contributed by atoms with Crippen molar-refractivity contribution in [2.75, 3.05) is 58.9 Å². The van der Waals surface area contributed by atoms with Gasteiger partial charge in [0.25, 0.3) is 0 Å². The smallest absolute Gasteiger partial charge is 0.00474 e. The fraction of sp³-hybridized carbons (Fsp3) is 1.00. The predicted octanol–water partition coefficient (Wildman–Crippen LogP) is 4.20. The van der Waals surface area contributed by atoms with E-state index in [-0.39, 0.29) is 4.70 Å². The van der Waals surface area contributed by atoms with Gasteiger partial charge in [0.2, 0.25) is 0 Å². The zero-order valence-corrected chi connectivity index (χ0v) is 17.1. The van der Waals surface area contributed by atoms with Crippen LogP contribution in [0.2, 0.25) is 0 Å². The average Bonchev–Trinajstić information content (AvgIpc) is 2.54. The van der Waals surface area contributed by atoms with Crippen molar-refractivity contribution in [3.05, 3.63) is 0 Å². The lowest BCUT2D eigenvalue weighted by molar-refractivity contribution is 0.321. The number of rotatable bonds is 9. The molecule has 0 amide bonds. The molecule has 0 saturated carbocycles. The summed E-state index contributed by atoms with van der Waals surface area (Å²) in [7, 11) is 0. The molecule has 0 aliphatic rings. The molecule has 4 heteroatoms. The van der Waals surface area contributed by atoms with Crippen LogP contribution in [0.3, 0.4) is 0 Å². The van der Waals surface area contributed by atoms with E-state index in [9.17, 15) is 0 Å². The van der Waals surface area contributed by atoms with Crippen molar-refractivity contribution < 1.29 is 4.70 Å². The number of hydrogen-bond acceptors (Lipinski definition) is 3. The largest absolute Gasteiger partial charge is 0.304 e. The minimum Gasteiger partial charge on any atom is -0.304 e. The van der Waals surface area contributed by atoms with E-state index in [1.54, 1.807) is 0 Å². The molecule has 0 radical (unpaired) electrons. The van der Waals surface area contributed by atoms with E-state index in [1.807, 2.05) is 0 Å². The molecule has 0 fully saturated rings. The first-order chi connectivity index (χ1) is 10.0. The maximum absolute atomic E-state index is 2.38. The first-order valence-corrected chi connectivity index (χ1v) is 9.21. The average molecular weight is 324 g/mol. The van der Waals surface area contributed by atoms with Crippen LogP contribution in [-0.2, 0) is 0 Å². The topological polar surface area (TPSA) is 9.72 Å². The van der Waals surface area contributed by atoms with Crippen LogP contribution in [0.1, 0.15) is 62.3 Å². The molecule has 0 aromatic rings. The predicted molar refractivity (Wildman–Crippen MR) is 103 cm³/mol. The number of halogens is 1. The fourth-order valence-electron chi connectivity index (χ4n) is 2.01. The van der Waals surface area contributed by atoms with Crippen LogP contribution in [0.15, 0.2) is 0 Å². The number of nitrogens with zero attached hydrogens (tertiary/aromatic N) is 3. The maximum Gasteiger partial charge on any atom is -0.00474 e. The van der Waals surface area contributed by atoms with E-state index in [0.29, 0.717) is 0 Å². The molecule has 0 aliphatic heterocycles. The zero-order chi connectivity index (χ0) is 17.1. The maximum atomic E-state index is 2.38. The molecule has 0 aliphatic carbocycles. The van der Waals surface area contributed by atoms with E-state index < -0.39 is 0 Å². The Morgan fingerprint density at radius 1 is 0.318 bits per heavy atom. The third kappa shape index (κ3) is 22.1. The lowest BCUT2D eigenvalue weighted by Gasteiger charge is -2.13. The van der Waals surface area contributed by atoms with Crippen LogP contribution >= 0.6 is 0 Å². The van der Waals surface area contributed by atoms with Crippen molar-refractivity contribution in [3.63, 3.8) is 0 Å². The van der Waals surface area contributed by atoms with Gasteiger partial charge in [-0.2, -0.15) is 0 Å². The first-order valence-electron chi connectivity index (χ1n) is 9.21. The fourth-order valence-corrected chi connectivity index (χ4v) is 2.01. The lowest BCUT2D eigenvalue weighted by atomic mass is 10.5. The number of hydrogen-bond donors (Lipinski definition) is 0. The van der Waals surface area contributed by atoms with Gasteiger partial charge in [-0.1, -0.05) is 62.3 Å². The SMILES string of the molecule is CCN(CC)CC.CCN(CC)CC.CCN(CC)CC.F. The van der Waals surface area contributed by atoms with Gasteiger partial charge in [0.15, 0.2) is 0 Å². The second-order valence-corrected chi connectivity index (χ2v) is 4.86. The summed E-state index contributed by atoms with van der Waals surface area (Å²) >= 11 is 0. The Hall–Kier alpha value is -0.190. The Morgan fingerprint density at radius 2 is 0.409 bits per heavy atom. The minimum atomic E-state index is 0. The highest BCUT2D eigenvalue weighted by Crippen LogP contribution is 1.82. The van der Waals surface area contributed by atoms with Crippen molar-refractivity contribution in [1.82, 2.24) is 14.7 Å². The summed E-state index contributed by atoms with van der Waals surface area (Å²) in [5.41, 5.74) is 0. The molecule has 3 nitrogen and oxygen atoms in total. The van der Waals surface area contributed by atoms with Gasteiger partial charge in [0, 0.05) is 0 Å². The summed E-state index contributed by atoms with van der Waals surface area (Å²) in [6, 6.07) is 0. The summed E-state index contributed by atoms with van der Waals surface area (Å²) in [4.78, 5) is 7.12. The van der Waals surface area contributed by atoms with Crippen LogP contribution in [-0.4, -0.2) is 73.6 Å². The van der Waals surface area contributed by atoms with E-state index >= 15 is 0 Å². The quantitative estimate of drug-likeness (QED) is 0.630. The van der Waals surface area contributed by atoms with Gasteiger partial charge >= 0.3 is 0 Å². The molecule has 0 rings (SSSR count). The highest BCUT2D eigenvalue weighted by atomic mass is 19.0. The molecule has 0 spiro atoms. The van der Waals surface area contributed by atoms with E-state index in [4.69, 9.17) is 0 Å². The van der Waals surface area contributed by atoms with Crippen LogP contribution in [0, 0.1) is 0 Å². The Bertz CT molecular complexity index is 111. The van der Waals surface area contributed by atoms with E-state index in [2.05, 4.69) is 77.0 Å². The Labute approximate surface area is 141 Å². The second kappa shape index (κ2) is 25.7. The zero-order valence-electron chi connectivity index (χ0n) is 17.1. The van der Waals surface area contributed by atoms with Gasteiger partial charge in [-0.05, 0) is 58.9 Å². The minimum absolute atomic E-state index is 0. The molecule has 22 heavy (non-hydrogen) atoms. The summed E-state index contributed by atoms with van der Waals surface area (Å²) in [6.45, 7) is 30.4. The highest BCUT2D eigenvalue weighted by molar-refractivity contribution is 4.45. The third-order valence-electron chi connectivity index (χ3n) is 4.02. The second-order valence-electron chi connectivity index (χ2n) is 4.86.